The molecule has 1 aliphatic heterocycles. The molecule has 2 aliphatic rings. The predicted molar refractivity (Wildman–Crippen MR) is 104 cm³/mol. The van der Waals surface area contributed by atoms with Crippen LogP contribution in [0, 0.1) is 16.7 Å². The topological polar surface area (TPSA) is 94.6 Å². The van der Waals surface area contributed by atoms with Crippen molar-refractivity contribution in [3.05, 3.63) is 46.6 Å². The van der Waals surface area contributed by atoms with E-state index in [-0.39, 0.29) is 22.7 Å². The van der Waals surface area contributed by atoms with Gasteiger partial charge in [0.1, 0.15) is 17.4 Å². The number of rotatable bonds is 5. The molecule has 2 N–H and O–H groups in total. The lowest BCUT2D eigenvalue weighted by Crippen LogP contribution is -2.33. The normalized spacial score (nSPS) is 21.0. The van der Waals surface area contributed by atoms with Crippen molar-refractivity contribution in [3.63, 3.8) is 0 Å². The average molecular weight is 382 g/mol. The van der Waals surface area contributed by atoms with Crippen molar-refractivity contribution >= 4 is 5.78 Å². The second-order valence-electron chi connectivity index (χ2n) is 7.77. The Morgan fingerprint density at radius 3 is 2.54 bits per heavy atom. The van der Waals surface area contributed by atoms with Crippen molar-refractivity contribution in [2.75, 3.05) is 13.2 Å². The van der Waals surface area contributed by atoms with E-state index in [4.69, 9.17) is 19.9 Å². The minimum atomic E-state index is -0.563. The fraction of sp³-hybridized carbons (Fsp3) is 0.455. The number of ether oxygens (including phenoxy) is 3. The summed E-state index contributed by atoms with van der Waals surface area (Å²) < 4.78 is 17.1. The van der Waals surface area contributed by atoms with Gasteiger partial charge < -0.3 is 19.9 Å². The smallest absolute Gasteiger partial charge is 0.205 e. The van der Waals surface area contributed by atoms with E-state index in [1.807, 2.05) is 45.9 Å². The molecule has 0 aromatic heterocycles. The number of hydrogen-bond acceptors (Lipinski definition) is 6. The maximum absolute atomic E-state index is 13.0. The number of ketones is 1. The molecule has 0 unspecified atom stereocenters. The van der Waals surface area contributed by atoms with Gasteiger partial charge in [-0.05, 0) is 37.0 Å². The highest BCUT2D eigenvalue weighted by Crippen LogP contribution is 2.48. The Bertz CT molecular complexity index is 906. The van der Waals surface area contributed by atoms with E-state index < -0.39 is 5.92 Å². The zero-order valence-corrected chi connectivity index (χ0v) is 16.8. The van der Waals surface area contributed by atoms with E-state index in [0.717, 1.165) is 5.56 Å². The van der Waals surface area contributed by atoms with Crippen molar-refractivity contribution in [1.82, 2.24) is 0 Å². The van der Waals surface area contributed by atoms with Crippen LogP contribution in [-0.2, 0) is 9.53 Å². The van der Waals surface area contributed by atoms with E-state index >= 15 is 0 Å². The van der Waals surface area contributed by atoms with Crippen LogP contribution in [0.3, 0.4) is 0 Å². The van der Waals surface area contributed by atoms with Crippen molar-refractivity contribution < 1.29 is 19.0 Å². The maximum atomic E-state index is 13.0. The summed E-state index contributed by atoms with van der Waals surface area (Å²) in [7, 11) is 0. The lowest BCUT2D eigenvalue weighted by atomic mass is 9.70. The second-order valence-corrected chi connectivity index (χ2v) is 7.77. The third kappa shape index (κ3) is 3.57. The summed E-state index contributed by atoms with van der Waals surface area (Å²) in [6, 6.07) is 7.63. The Morgan fingerprint density at radius 1 is 1.21 bits per heavy atom. The molecule has 6 nitrogen and oxygen atoms in total. The fourth-order valence-corrected chi connectivity index (χ4v) is 3.87. The van der Waals surface area contributed by atoms with Crippen LogP contribution in [0.5, 0.6) is 11.5 Å². The van der Waals surface area contributed by atoms with Gasteiger partial charge in [0.15, 0.2) is 17.3 Å². The van der Waals surface area contributed by atoms with E-state index in [1.54, 1.807) is 0 Å². The van der Waals surface area contributed by atoms with Gasteiger partial charge in [-0.2, -0.15) is 5.26 Å². The molecule has 0 radical (unpaired) electrons. The Hall–Kier alpha value is -2.94. The quantitative estimate of drug-likeness (QED) is 0.829. The summed E-state index contributed by atoms with van der Waals surface area (Å²) in [6.45, 7) is 8.83. The first-order valence-electron chi connectivity index (χ1n) is 9.54. The monoisotopic (exact) mass is 382 g/mol. The van der Waals surface area contributed by atoms with Crippen LogP contribution in [0.1, 0.15) is 52.0 Å². The lowest BCUT2D eigenvalue weighted by molar-refractivity contribution is -0.119. The molecule has 0 amide bonds. The summed E-state index contributed by atoms with van der Waals surface area (Å²) >= 11 is 0. The largest absolute Gasteiger partial charge is 0.490 e. The number of nitrogens with zero attached hydrogens (tertiary/aromatic N) is 1. The summed E-state index contributed by atoms with van der Waals surface area (Å²) in [6.07, 6.45) is 0.999. The second kappa shape index (κ2) is 7.59. The summed E-state index contributed by atoms with van der Waals surface area (Å²) in [5.41, 5.74) is 7.39. The number of hydrogen-bond donors (Lipinski definition) is 1. The predicted octanol–water partition coefficient (Wildman–Crippen LogP) is 3.93. The third-order valence-corrected chi connectivity index (χ3v) is 4.98. The number of Topliss-reactive ketones (excluding diaryl/α,β-unsaturated/α-hetero) is 1. The Labute approximate surface area is 165 Å². The zero-order chi connectivity index (χ0) is 20.5. The van der Waals surface area contributed by atoms with Crippen LogP contribution in [0.15, 0.2) is 41.0 Å². The highest BCUT2D eigenvalue weighted by atomic mass is 16.5. The number of nitrogens with two attached hydrogens (primary N) is 1. The minimum Gasteiger partial charge on any atom is -0.490 e. The molecule has 28 heavy (non-hydrogen) atoms. The number of nitriles is 1. The third-order valence-electron chi connectivity index (χ3n) is 4.98. The fourth-order valence-electron chi connectivity index (χ4n) is 3.87. The van der Waals surface area contributed by atoms with Crippen molar-refractivity contribution in [2.24, 2.45) is 11.1 Å². The van der Waals surface area contributed by atoms with Gasteiger partial charge in [-0.15, -0.1) is 0 Å². The Morgan fingerprint density at radius 2 is 1.89 bits per heavy atom. The van der Waals surface area contributed by atoms with E-state index in [2.05, 4.69) is 6.07 Å². The van der Waals surface area contributed by atoms with Gasteiger partial charge in [0, 0.05) is 18.4 Å². The van der Waals surface area contributed by atoms with Crippen LogP contribution in [-0.4, -0.2) is 19.0 Å². The van der Waals surface area contributed by atoms with Gasteiger partial charge in [0.05, 0.1) is 19.1 Å². The van der Waals surface area contributed by atoms with Gasteiger partial charge in [-0.3, -0.25) is 4.79 Å². The Kier molecular flexibility index (Phi) is 5.37. The molecule has 1 aromatic rings. The average Bonchev–Trinajstić information content (AvgIpc) is 2.61. The molecular formula is C22H26N2O4. The minimum absolute atomic E-state index is 0.0108. The molecule has 1 atom stereocenters. The van der Waals surface area contributed by atoms with Gasteiger partial charge in [0.2, 0.25) is 5.88 Å². The van der Waals surface area contributed by atoms with Crippen LogP contribution >= 0.6 is 0 Å². The number of carbonyl (C=O) groups excluding carboxylic acids is 1. The van der Waals surface area contributed by atoms with Crippen LogP contribution < -0.4 is 15.2 Å². The van der Waals surface area contributed by atoms with Gasteiger partial charge in [-0.25, -0.2) is 0 Å². The van der Waals surface area contributed by atoms with Gasteiger partial charge in [-0.1, -0.05) is 19.9 Å². The molecule has 0 fully saturated rings. The van der Waals surface area contributed by atoms with Gasteiger partial charge in [0.25, 0.3) is 0 Å². The maximum Gasteiger partial charge on any atom is 0.205 e. The highest BCUT2D eigenvalue weighted by Gasteiger charge is 2.43. The molecule has 0 saturated heterocycles. The molecule has 0 saturated carbocycles. The first-order chi connectivity index (χ1) is 13.3. The van der Waals surface area contributed by atoms with E-state index in [0.29, 0.717) is 48.9 Å². The molecular weight excluding hydrogens is 356 g/mol. The summed E-state index contributed by atoms with van der Waals surface area (Å²) in [4.78, 5) is 13.0. The molecule has 0 bridgehead atoms. The molecule has 0 spiro atoms. The molecule has 1 aromatic carbocycles. The molecule has 148 valence electrons. The highest BCUT2D eigenvalue weighted by molar-refractivity contribution is 6.00. The zero-order valence-electron chi connectivity index (χ0n) is 16.8. The Balaban J connectivity index is 2.15. The summed E-state index contributed by atoms with van der Waals surface area (Å²) in [5.74, 6) is 1.25. The van der Waals surface area contributed by atoms with Gasteiger partial charge >= 0.3 is 0 Å². The number of allylic oxidation sites excluding steroid dienone is 3. The SMILES string of the molecule is CCOc1ccc([C@@H]2C(C#N)=C(N)OC3=C2C(=O)CC(C)(C)C3)cc1OCC. The van der Waals surface area contributed by atoms with Crippen molar-refractivity contribution in [2.45, 2.75) is 46.5 Å². The molecule has 1 aliphatic carbocycles. The van der Waals surface area contributed by atoms with E-state index in [9.17, 15) is 10.1 Å². The number of carbonyl (C=O) groups is 1. The lowest BCUT2D eigenvalue weighted by Gasteiger charge is -2.37. The number of benzene rings is 1. The standard InChI is InChI=1S/C22H26N2O4/c1-5-26-16-8-7-13(9-17(16)27-6-2)19-14(12-23)21(24)28-18-11-22(3,4)10-15(25)20(18)19/h7-9,19H,5-6,10-11,24H2,1-4H3/t19-/m1/s1. The van der Waals surface area contributed by atoms with Crippen molar-refractivity contribution in [1.29, 1.82) is 5.26 Å². The summed E-state index contributed by atoms with van der Waals surface area (Å²) in [5, 5.41) is 9.73. The van der Waals surface area contributed by atoms with Crippen LogP contribution in [0.2, 0.25) is 0 Å². The molecule has 6 heteroatoms. The van der Waals surface area contributed by atoms with Crippen LogP contribution in [0.25, 0.3) is 0 Å². The first kappa shape index (κ1) is 19.8. The molecule has 1 heterocycles. The first-order valence-corrected chi connectivity index (χ1v) is 9.54. The van der Waals surface area contributed by atoms with Crippen molar-refractivity contribution in [3.8, 4) is 17.6 Å². The molecule has 3 rings (SSSR count). The van der Waals surface area contributed by atoms with E-state index in [1.165, 1.54) is 0 Å². The van der Waals surface area contributed by atoms with Crippen LogP contribution in [0.4, 0.5) is 0 Å².